The van der Waals surface area contributed by atoms with Gasteiger partial charge in [-0.3, -0.25) is 9.59 Å². The summed E-state index contributed by atoms with van der Waals surface area (Å²) >= 11 is 6.03. The molecule has 1 aliphatic carbocycles. The van der Waals surface area contributed by atoms with Crippen LogP contribution in [0.25, 0.3) is 0 Å². The first-order chi connectivity index (χ1) is 13.3. The zero-order valence-corrected chi connectivity index (χ0v) is 18.1. The maximum absolute atomic E-state index is 12.8. The predicted octanol–water partition coefficient (Wildman–Crippen LogP) is 4.77. The number of rotatable bonds is 5. The van der Waals surface area contributed by atoms with Gasteiger partial charge in [-0.25, -0.2) is 0 Å². The lowest BCUT2D eigenvalue weighted by Gasteiger charge is -2.45. The van der Waals surface area contributed by atoms with Crippen LogP contribution in [0.5, 0.6) is 0 Å². The molecule has 1 aromatic carbocycles. The topological polar surface area (TPSA) is 49.4 Å². The van der Waals surface area contributed by atoms with Crippen LogP contribution in [0.3, 0.4) is 0 Å². The summed E-state index contributed by atoms with van der Waals surface area (Å²) in [6, 6.07) is 7.98. The molecule has 4 nitrogen and oxygen atoms in total. The average Bonchev–Trinajstić information content (AvgIpc) is 3.16. The predicted molar refractivity (Wildman–Crippen MR) is 113 cm³/mol. The number of carbonyl (C=O) groups excluding carboxylic acids is 2. The van der Waals surface area contributed by atoms with Gasteiger partial charge in [0.2, 0.25) is 11.8 Å². The van der Waals surface area contributed by atoms with Crippen molar-refractivity contribution in [2.24, 2.45) is 11.3 Å². The molecule has 2 fully saturated rings. The van der Waals surface area contributed by atoms with Crippen molar-refractivity contribution in [3.63, 3.8) is 0 Å². The SMILES string of the molecule is CC(CC(=O)N1CCC(c2ccc(Cl)cc2)C(C)(C)C1)NC(=O)C1CCCC1. The average molecular weight is 405 g/mol. The quantitative estimate of drug-likeness (QED) is 0.768. The van der Waals surface area contributed by atoms with E-state index in [0.717, 1.165) is 50.2 Å². The maximum Gasteiger partial charge on any atom is 0.224 e. The van der Waals surface area contributed by atoms with Crippen LogP contribution in [-0.2, 0) is 9.59 Å². The van der Waals surface area contributed by atoms with E-state index >= 15 is 0 Å². The van der Waals surface area contributed by atoms with Crippen LogP contribution in [0.2, 0.25) is 5.02 Å². The smallest absolute Gasteiger partial charge is 0.224 e. The van der Waals surface area contributed by atoms with E-state index in [0.29, 0.717) is 12.3 Å². The number of amides is 2. The zero-order chi connectivity index (χ0) is 20.3. The van der Waals surface area contributed by atoms with Crippen LogP contribution in [0, 0.1) is 11.3 Å². The summed E-state index contributed by atoms with van der Waals surface area (Å²) in [5.74, 6) is 0.821. The largest absolute Gasteiger partial charge is 0.353 e. The van der Waals surface area contributed by atoms with Gasteiger partial charge in [0, 0.05) is 36.5 Å². The van der Waals surface area contributed by atoms with Crippen molar-refractivity contribution in [1.29, 1.82) is 0 Å². The number of carbonyl (C=O) groups is 2. The highest BCUT2D eigenvalue weighted by Crippen LogP contribution is 2.42. The first kappa shape index (κ1) is 21.2. The minimum atomic E-state index is -0.113. The highest BCUT2D eigenvalue weighted by Gasteiger charge is 2.38. The monoisotopic (exact) mass is 404 g/mol. The lowest BCUT2D eigenvalue weighted by molar-refractivity contribution is -0.135. The number of benzene rings is 1. The summed E-state index contributed by atoms with van der Waals surface area (Å²) < 4.78 is 0. The molecule has 28 heavy (non-hydrogen) atoms. The second-order valence-corrected chi connectivity index (χ2v) is 9.73. The number of halogens is 1. The van der Waals surface area contributed by atoms with Crippen molar-refractivity contribution in [2.45, 2.75) is 71.3 Å². The molecule has 154 valence electrons. The summed E-state index contributed by atoms with van der Waals surface area (Å²) in [6.07, 6.45) is 5.58. The molecular formula is C23H33ClN2O2. The Morgan fingerprint density at radius 1 is 1.18 bits per heavy atom. The van der Waals surface area contributed by atoms with E-state index in [4.69, 9.17) is 11.6 Å². The van der Waals surface area contributed by atoms with Crippen molar-refractivity contribution >= 4 is 23.4 Å². The van der Waals surface area contributed by atoms with Gasteiger partial charge in [0.15, 0.2) is 0 Å². The Kier molecular flexibility index (Phi) is 6.69. The summed E-state index contributed by atoms with van der Waals surface area (Å²) in [6.45, 7) is 7.91. The number of hydrogen-bond donors (Lipinski definition) is 1. The van der Waals surface area contributed by atoms with Gasteiger partial charge in [0.1, 0.15) is 0 Å². The van der Waals surface area contributed by atoms with Crippen LogP contribution < -0.4 is 5.32 Å². The molecule has 1 heterocycles. The highest BCUT2D eigenvalue weighted by atomic mass is 35.5. The van der Waals surface area contributed by atoms with Crippen LogP contribution in [0.1, 0.15) is 70.8 Å². The van der Waals surface area contributed by atoms with Crippen molar-refractivity contribution in [3.8, 4) is 0 Å². The van der Waals surface area contributed by atoms with E-state index < -0.39 is 0 Å². The second-order valence-electron chi connectivity index (χ2n) is 9.29. The third-order valence-electron chi connectivity index (χ3n) is 6.45. The van der Waals surface area contributed by atoms with Gasteiger partial charge in [0.05, 0.1) is 0 Å². The minimum Gasteiger partial charge on any atom is -0.353 e. The molecule has 1 N–H and O–H groups in total. The summed E-state index contributed by atoms with van der Waals surface area (Å²) in [4.78, 5) is 27.1. The molecule has 1 aliphatic heterocycles. The molecule has 2 amide bonds. The van der Waals surface area contributed by atoms with Crippen LogP contribution in [-0.4, -0.2) is 35.8 Å². The Morgan fingerprint density at radius 3 is 2.43 bits per heavy atom. The molecular weight excluding hydrogens is 372 g/mol. The molecule has 2 unspecified atom stereocenters. The van der Waals surface area contributed by atoms with Crippen LogP contribution >= 0.6 is 11.6 Å². The molecule has 1 saturated carbocycles. The van der Waals surface area contributed by atoms with E-state index in [2.05, 4.69) is 31.3 Å². The molecule has 0 bridgehead atoms. The van der Waals surface area contributed by atoms with E-state index in [1.165, 1.54) is 5.56 Å². The van der Waals surface area contributed by atoms with Gasteiger partial charge in [-0.2, -0.15) is 0 Å². The fraction of sp³-hybridized carbons (Fsp3) is 0.652. The fourth-order valence-corrected chi connectivity index (χ4v) is 5.00. The standard InChI is InChI=1S/C23H33ClN2O2/c1-16(25-22(28)18-6-4-5-7-18)14-21(27)26-13-12-20(23(2,3)15-26)17-8-10-19(24)11-9-17/h8-11,16,18,20H,4-7,12-15H2,1-3H3,(H,25,28). The zero-order valence-electron chi connectivity index (χ0n) is 17.3. The van der Waals surface area contributed by atoms with Gasteiger partial charge in [0.25, 0.3) is 0 Å². The molecule has 3 rings (SSSR count). The summed E-state index contributed by atoms with van der Waals surface area (Å²) in [5.41, 5.74) is 1.29. The van der Waals surface area contributed by atoms with Gasteiger partial charge >= 0.3 is 0 Å². The second kappa shape index (κ2) is 8.86. The van der Waals surface area contributed by atoms with E-state index in [9.17, 15) is 9.59 Å². The molecule has 2 atom stereocenters. The van der Waals surface area contributed by atoms with E-state index in [1.807, 2.05) is 24.0 Å². The lowest BCUT2D eigenvalue weighted by Crippen LogP contribution is -2.49. The third kappa shape index (κ3) is 5.08. The number of likely N-dealkylation sites (tertiary alicyclic amines) is 1. The van der Waals surface area contributed by atoms with Gasteiger partial charge < -0.3 is 10.2 Å². The molecule has 5 heteroatoms. The van der Waals surface area contributed by atoms with Crippen molar-refractivity contribution < 1.29 is 9.59 Å². The van der Waals surface area contributed by atoms with Crippen molar-refractivity contribution in [2.75, 3.05) is 13.1 Å². The molecule has 0 aromatic heterocycles. The van der Waals surface area contributed by atoms with Gasteiger partial charge in [-0.1, -0.05) is 50.4 Å². The molecule has 0 radical (unpaired) electrons. The number of nitrogens with one attached hydrogen (secondary N) is 1. The normalized spacial score (nSPS) is 23.4. The first-order valence-corrected chi connectivity index (χ1v) is 11.0. The van der Waals surface area contributed by atoms with Crippen LogP contribution in [0.4, 0.5) is 0 Å². The van der Waals surface area contributed by atoms with Gasteiger partial charge in [-0.05, 0) is 55.2 Å². The Labute approximate surface area is 174 Å². The maximum atomic E-state index is 12.8. The number of hydrogen-bond acceptors (Lipinski definition) is 2. The Bertz CT molecular complexity index is 695. The highest BCUT2D eigenvalue weighted by molar-refractivity contribution is 6.30. The molecule has 2 aliphatic rings. The van der Waals surface area contributed by atoms with Crippen LogP contribution in [0.15, 0.2) is 24.3 Å². The van der Waals surface area contributed by atoms with Gasteiger partial charge in [-0.15, -0.1) is 0 Å². The summed E-state index contributed by atoms with van der Waals surface area (Å²) in [5, 5.41) is 3.81. The molecule has 0 spiro atoms. The number of piperidine rings is 1. The Morgan fingerprint density at radius 2 is 1.82 bits per heavy atom. The third-order valence-corrected chi connectivity index (χ3v) is 6.70. The fourth-order valence-electron chi connectivity index (χ4n) is 4.87. The van der Waals surface area contributed by atoms with E-state index in [-0.39, 0.29) is 29.2 Å². The number of nitrogens with zero attached hydrogens (tertiary/aromatic N) is 1. The lowest BCUT2D eigenvalue weighted by atomic mass is 9.70. The van der Waals surface area contributed by atoms with Crippen molar-refractivity contribution in [3.05, 3.63) is 34.9 Å². The first-order valence-electron chi connectivity index (χ1n) is 10.6. The summed E-state index contributed by atoms with van der Waals surface area (Å²) in [7, 11) is 0. The Balaban J connectivity index is 1.54. The van der Waals surface area contributed by atoms with E-state index in [1.54, 1.807) is 0 Å². The Hall–Kier alpha value is -1.55. The molecule has 1 saturated heterocycles. The minimum absolute atomic E-state index is 0.00191. The van der Waals surface area contributed by atoms with Crippen molar-refractivity contribution in [1.82, 2.24) is 10.2 Å². The molecule has 1 aromatic rings.